The van der Waals surface area contributed by atoms with Gasteiger partial charge in [-0.05, 0) is 51.3 Å². The van der Waals surface area contributed by atoms with Gasteiger partial charge in [0.25, 0.3) is 0 Å². The molecular formula is C15H24N2O. The van der Waals surface area contributed by atoms with Crippen molar-refractivity contribution >= 4 is 0 Å². The van der Waals surface area contributed by atoms with Crippen LogP contribution in [0.25, 0.3) is 0 Å². The molecule has 0 bridgehead atoms. The molecule has 1 N–H and O–H groups in total. The number of aromatic nitrogens is 1. The Labute approximate surface area is 110 Å². The van der Waals surface area contributed by atoms with Crippen molar-refractivity contribution < 1.29 is 4.74 Å². The van der Waals surface area contributed by atoms with Crippen molar-refractivity contribution in [2.75, 3.05) is 13.2 Å². The summed E-state index contributed by atoms with van der Waals surface area (Å²) in [5, 5.41) is 3.53. The summed E-state index contributed by atoms with van der Waals surface area (Å²) in [6.07, 6.45) is 8.19. The highest BCUT2D eigenvalue weighted by atomic mass is 16.5. The Balaban J connectivity index is 1.47. The van der Waals surface area contributed by atoms with Gasteiger partial charge in [0, 0.05) is 24.4 Å². The smallest absolute Gasteiger partial charge is 0.0547 e. The lowest BCUT2D eigenvalue weighted by atomic mass is 10.2. The van der Waals surface area contributed by atoms with E-state index in [2.05, 4.69) is 17.2 Å². The summed E-state index contributed by atoms with van der Waals surface area (Å²) in [7, 11) is 0. The minimum Gasteiger partial charge on any atom is -0.378 e. The number of ether oxygens (including phenoxy) is 1. The third-order valence-electron chi connectivity index (χ3n) is 3.28. The van der Waals surface area contributed by atoms with Gasteiger partial charge in [-0.2, -0.15) is 0 Å². The molecule has 3 heteroatoms. The summed E-state index contributed by atoms with van der Waals surface area (Å²) in [6, 6.07) is 6.84. The van der Waals surface area contributed by atoms with Gasteiger partial charge in [0.1, 0.15) is 0 Å². The molecule has 0 spiro atoms. The summed E-state index contributed by atoms with van der Waals surface area (Å²) in [4.78, 5) is 4.29. The molecule has 2 rings (SSSR count). The zero-order chi connectivity index (χ0) is 12.6. The molecule has 1 aromatic heterocycles. The zero-order valence-electron chi connectivity index (χ0n) is 11.3. The average Bonchev–Trinajstić information content (AvgIpc) is 3.20. The first-order chi connectivity index (χ1) is 8.84. The van der Waals surface area contributed by atoms with Crippen molar-refractivity contribution in [3.8, 4) is 0 Å². The monoisotopic (exact) mass is 248 g/mol. The van der Waals surface area contributed by atoms with Crippen molar-refractivity contribution in [3.05, 3.63) is 30.1 Å². The van der Waals surface area contributed by atoms with Crippen LogP contribution in [0.3, 0.4) is 0 Å². The van der Waals surface area contributed by atoms with E-state index in [1.54, 1.807) is 0 Å². The zero-order valence-corrected chi connectivity index (χ0v) is 11.3. The summed E-state index contributed by atoms with van der Waals surface area (Å²) < 4.78 is 5.80. The standard InChI is InChI=1S/C15H24N2O/c1-13(5-4-11-17-15-7-8-15)18-12-9-14-6-2-3-10-16-14/h2-3,6,10,13,15,17H,4-5,7-9,11-12H2,1H3. The van der Waals surface area contributed by atoms with Gasteiger partial charge in [-0.15, -0.1) is 0 Å². The lowest BCUT2D eigenvalue weighted by molar-refractivity contribution is 0.0608. The lowest BCUT2D eigenvalue weighted by Gasteiger charge is -2.13. The predicted molar refractivity (Wildman–Crippen MR) is 73.6 cm³/mol. The van der Waals surface area contributed by atoms with Crippen molar-refractivity contribution in [2.24, 2.45) is 0 Å². The molecule has 3 nitrogen and oxygen atoms in total. The molecule has 1 saturated carbocycles. The molecule has 1 aliphatic carbocycles. The first-order valence-electron chi connectivity index (χ1n) is 7.09. The highest BCUT2D eigenvalue weighted by Gasteiger charge is 2.19. The fourth-order valence-corrected chi connectivity index (χ4v) is 1.98. The van der Waals surface area contributed by atoms with E-state index in [0.717, 1.165) is 37.7 Å². The van der Waals surface area contributed by atoms with Crippen LogP contribution in [-0.2, 0) is 11.2 Å². The van der Waals surface area contributed by atoms with Crippen molar-refractivity contribution in [2.45, 2.75) is 51.2 Å². The normalized spacial score (nSPS) is 16.7. The molecule has 1 atom stereocenters. The Morgan fingerprint density at radius 1 is 1.44 bits per heavy atom. The minimum atomic E-state index is 0.356. The molecule has 100 valence electrons. The molecule has 0 saturated heterocycles. The van der Waals surface area contributed by atoms with Gasteiger partial charge >= 0.3 is 0 Å². The number of pyridine rings is 1. The molecule has 0 amide bonds. The van der Waals surface area contributed by atoms with Gasteiger partial charge in [-0.25, -0.2) is 0 Å². The van der Waals surface area contributed by atoms with Crippen molar-refractivity contribution in [1.29, 1.82) is 0 Å². The molecule has 1 unspecified atom stereocenters. The fourth-order valence-electron chi connectivity index (χ4n) is 1.98. The highest BCUT2D eigenvalue weighted by Crippen LogP contribution is 2.18. The Morgan fingerprint density at radius 2 is 2.33 bits per heavy atom. The van der Waals surface area contributed by atoms with Gasteiger partial charge in [0.05, 0.1) is 12.7 Å². The van der Waals surface area contributed by atoms with E-state index in [1.807, 2.05) is 24.4 Å². The van der Waals surface area contributed by atoms with Crippen LogP contribution >= 0.6 is 0 Å². The third kappa shape index (κ3) is 5.61. The molecular weight excluding hydrogens is 224 g/mol. The van der Waals surface area contributed by atoms with E-state index < -0.39 is 0 Å². The molecule has 1 fully saturated rings. The van der Waals surface area contributed by atoms with Crippen LogP contribution in [0.4, 0.5) is 0 Å². The molecule has 1 aromatic rings. The molecule has 0 aromatic carbocycles. The quantitative estimate of drug-likeness (QED) is 0.682. The van der Waals surface area contributed by atoms with E-state index in [1.165, 1.54) is 19.3 Å². The SMILES string of the molecule is CC(CCCNC1CC1)OCCc1ccccn1. The van der Waals surface area contributed by atoms with E-state index in [0.29, 0.717) is 6.10 Å². The van der Waals surface area contributed by atoms with Crippen LogP contribution in [0.1, 0.15) is 38.3 Å². The van der Waals surface area contributed by atoms with Crippen LogP contribution in [0.15, 0.2) is 24.4 Å². The Hall–Kier alpha value is -0.930. The largest absolute Gasteiger partial charge is 0.378 e. The van der Waals surface area contributed by atoms with E-state index in [-0.39, 0.29) is 0 Å². The maximum atomic E-state index is 5.80. The third-order valence-corrected chi connectivity index (χ3v) is 3.28. The number of hydrogen-bond donors (Lipinski definition) is 1. The summed E-state index contributed by atoms with van der Waals surface area (Å²) in [5.41, 5.74) is 1.11. The second kappa shape index (κ2) is 7.49. The molecule has 0 radical (unpaired) electrons. The lowest BCUT2D eigenvalue weighted by Crippen LogP contribution is -2.19. The maximum Gasteiger partial charge on any atom is 0.0547 e. The maximum absolute atomic E-state index is 5.80. The second-order valence-corrected chi connectivity index (χ2v) is 5.12. The summed E-state index contributed by atoms with van der Waals surface area (Å²) >= 11 is 0. The first-order valence-corrected chi connectivity index (χ1v) is 7.09. The van der Waals surface area contributed by atoms with Gasteiger partial charge in [0.15, 0.2) is 0 Å². The molecule has 0 aliphatic heterocycles. The van der Waals surface area contributed by atoms with Crippen molar-refractivity contribution in [3.63, 3.8) is 0 Å². The molecule has 1 heterocycles. The number of nitrogens with zero attached hydrogens (tertiary/aromatic N) is 1. The first kappa shape index (κ1) is 13.5. The van der Waals surface area contributed by atoms with Gasteiger partial charge in [-0.1, -0.05) is 6.07 Å². The Bertz CT molecular complexity index is 325. The second-order valence-electron chi connectivity index (χ2n) is 5.12. The van der Waals surface area contributed by atoms with Crippen LogP contribution < -0.4 is 5.32 Å². The van der Waals surface area contributed by atoms with E-state index in [9.17, 15) is 0 Å². The van der Waals surface area contributed by atoms with Crippen LogP contribution in [-0.4, -0.2) is 30.3 Å². The van der Waals surface area contributed by atoms with Gasteiger partial charge < -0.3 is 10.1 Å². The number of rotatable bonds is 9. The molecule has 18 heavy (non-hydrogen) atoms. The fraction of sp³-hybridized carbons (Fsp3) is 0.667. The topological polar surface area (TPSA) is 34.1 Å². The Morgan fingerprint density at radius 3 is 3.06 bits per heavy atom. The Kier molecular flexibility index (Phi) is 5.62. The van der Waals surface area contributed by atoms with Crippen LogP contribution in [0.5, 0.6) is 0 Å². The van der Waals surface area contributed by atoms with Crippen LogP contribution in [0.2, 0.25) is 0 Å². The number of nitrogens with one attached hydrogen (secondary N) is 1. The van der Waals surface area contributed by atoms with Crippen LogP contribution in [0, 0.1) is 0 Å². The van der Waals surface area contributed by atoms with Crippen molar-refractivity contribution in [1.82, 2.24) is 10.3 Å². The summed E-state index contributed by atoms with van der Waals surface area (Å²) in [5.74, 6) is 0. The number of hydrogen-bond acceptors (Lipinski definition) is 3. The minimum absolute atomic E-state index is 0.356. The van der Waals surface area contributed by atoms with E-state index in [4.69, 9.17) is 4.74 Å². The van der Waals surface area contributed by atoms with E-state index >= 15 is 0 Å². The average molecular weight is 248 g/mol. The summed E-state index contributed by atoms with van der Waals surface area (Å²) in [6.45, 7) is 4.07. The molecule has 1 aliphatic rings. The van der Waals surface area contributed by atoms with Gasteiger partial charge in [-0.3, -0.25) is 4.98 Å². The highest BCUT2D eigenvalue weighted by molar-refractivity contribution is 5.03. The van der Waals surface area contributed by atoms with Gasteiger partial charge in [0.2, 0.25) is 0 Å². The predicted octanol–water partition coefficient (Wildman–Crippen LogP) is 2.56.